The second-order valence-corrected chi connectivity index (χ2v) is 6.75. The molecular formula is C18H21N5O4. The number of aryl methyl sites for hydroxylation is 1. The van der Waals surface area contributed by atoms with Gasteiger partial charge in [0.1, 0.15) is 0 Å². The smallest absolute Gasteiger partial charge is 0.408 e. The predicted octanol–water partition coefficient (Wildman–Crippen LogP) is 1.16. The van der Waals surface area contributed by atoms with Crippen LogP contribution in [0.2, 0.25) is 0 Å². The highest BCUT2D eigenvalue weighted by Gasteiger charge is 2.18. The summed E-state index contributed by atoms with van der Waals surface area (Å²) >= 11 is 0. The largest absolute Gasteiger partial charge is 0.420 e. The fraction of sp³-hybridized carbons (Fsp3) is 0.444. The number of fused-ring (bicyclic) bond motifs is 1. The number of nitrogens with one attached hydrogen (secondary N) is 1. The van der Waals surface area contributed by atoms with Crippen LogP contribution in [0.25, 0.3) is 11.1 Å². The van der Waals surface area contributed by atoms with E-state index in [1.807, 2.05) is 19.1 Å². The molecule has 9 heteroatoms. The summed E-state index contributed by atoms with van der Waals surface area (Å²) in [5.74, 6) is -0.778. The molecule has 0 atom stereocenters. The first-order chi connectivity index (χ1) is 13.1. The van der Waals surface area contributed by atoms with E-state index in [2.05, 4.69) is 20.4 Å². The lowest BCUT2D eigenvalue weighted by Gasteiger charge is -2.13. The van der Waals surface area contributed by atoms with E-state index in [0.717, 1.165) is 25.2 Å². The van der Waals surface area contributed by atoms with Crippen molar-refractivity contribution in [1.29, 1.82) is 0 Å². The van der Waals surface area contributed by atoms with Gasteiger partial charge in [0.15, 0.2) is 11.4 Å². The van der Waals surface area contributed by atoms with E-state index in [9.17, 15) is 9.59 Å². The molecule has 1 N–H and O–H groups in total. The number of oxazole rings is 1. The van der Waals surface area contributed by atoms with Crippen LogP contribution in [0.15, 0.2) is 31.9 Å². The van der Waals surface area contributed by atoms with Crippen molar-refractivity contribution in [3.63, 3.8) is 0 Å². The monoisotopic (exact) mass is 371 g/mol. The minimum atomic E-state index is -0.503. The van der Waals surface area contributed by atoms with Crippen LogP contribution in [0, 0.1) is 6.92 Å². The quantitative estimate of drug-likeness (QED) is 0.693. The molecule has 3 heterocycles. The van der Waals surface area contributed by atoms with Gasteiger partial charge in [0.2, 0.25) is 0 Å². The number of nitrogens with zero attached hydrogens (tertiary/aromatic N) is 4. The van der Waals surface area contributed by atoms with E-state index < -0.39 is 11.7 Å². The number of amides is 1. The van der Waals surface area contributed by atoms with Crippen LogP contribution in [-0.2, 0) is 6.54 Å². The zero-order chi connectivity index (χ0) is 18.8. The summed E-state index contributed by atoms with van der Waals surface area (Å²) in [6.45, 7) is 5.49. The Labute approximate surface area is 154 Å². The third-order valence-electron chi connectivity index (χ3n) is 4.70. The van der Waals surface area contributed by atoms with Crippen LogP contribution in [0.3, 0.4) is 0 Å². The van der Waals surface area contributed by atoms with E-state index in [1.54, 1.807) is 6.07 Å². The van der Waals surface area contributed by atoms with Crippen LogP contribution in [-0.4, -0.2) is 51.7 Å². The highest BCUT2D eigenvalue weighted by Crippen LogP contribution is 2.15. The Bertz CT molecular complexity index is 1010. The van der Waals surface area contributed by atoms with Crippen molar-refractivity contribution in [3.8, 4) is 0 Å². The van der Waals surface area contributed by atoms with E-state index in [4.69, 9.17) is 8.94 Å². The Hall–Kier alpha value is -2.94. The van der Waals surface area contributed by atoms with Crippen molar-refractivity contribution < 1.29 is 13.7 Å². The number of hydrogen-bond donors (Lipinski definition) is 1. The zero-order valence-electron chi connectivity index (χ0n) is 15.1. The van der Waals surface area contributed by atoms with Gasteiger partial charge in [-0.2, -0.15) is 4.98 Å². The Morgan fingerprint density at radius 3 is 2.93 bits per heavy atom. The molecule has 9 nitrogen and oxygen atoms in total. The van der Waals surface area contributed by atoms with Crippen LogP contribution in [0.4, 0.5) is 0 Å². The van der Waals surface area contributed by atoms with Crippen molar-refractivity contribution in [2.75, 3.05) is 26.2 Å². The summed E-state index contributed by atoms with van der Waals surface area (Å²) in [5.41, 5.74) is 2.15. The lowest BCUT2D eigenvalue weighted by Crippen LogP contribution is -2.33. The molecule has 0 unspecified atom stereocenters. The lowest BCUT2D eigenvalue weighted by atomic mass is 10.2. The topological polar surface area (TPSA) is 106 Å². The maximum Gasteiger partial charge on any atom is 0.420 e. The fourth-order valence-corrected chi connectivity index (χ4v) is 3.28. The average Bonchev–Trinajstić information content (AvgIpc) is 3.37. The second kappa shape index (κ2) is 7.36. The van der Waals surface area contributed by atoms with E-state index in [1.165, 1.54) is 17.4 Å². The third-order valence-corrected chi connectivity index (χ3v) is 4.70. The van der Waals surface area contributed by atoms with Gasteiger partial charge in [-0.25, -0.2) is 4.79 Å². The molecule has 1 amide bonds. The van der Waals surface area contributed by atoms with Gasteiger partial charge in [-0.3, -0.25) is 9.36 Å². The SMILES string of the molecule is Cc1ccc2oc(=O)n(Cc3noc(C(=O)NCCN4CCCC4)n3)c2c1. The van der Waals surface area contributed by atoms with Gasteiger partial charge in [0, 0.05) is 13.1 Å². The van der Waals surface area contributed by atoms with E-state index >= 15 is 0 Å². The van der Waals surface area contributed by atoms with E-state index in [-0.39, 0.29) is 18.3 Å². The molecule has 1 aliphatic heterocycles. The Morgan fingerprint density at radius 2 is 2.11 bits per heavy atom. The molecule has 27 heavy (non-hydrogen) atoms. The van der Waals surface area contributed by atoms with Gasteiger partial charge in [-0.1, -0.05) is 11.2 Å². The summed E-state index contributed by atoms with van der Waals surface area (Å²) in [5, 5.41) is 6.59. The maximum absolute atomic E-state index is 12.1. The van der Waals surface area contributed by atoms with Gasteiger partial charge in [0.25, 0.3) is 0 Å². The molecule has 1 aromatic carbocycles. The van der Waals surface area contributed by atoms with E-state index in [0.29, 0.717) is 17.6 Å². The van der Waals surface area contributed by atoms with Gasteiger partial charge >= 0.3 is 17.6 Å². The molecule has 0 radical (unpaired) electrons. The standard InChI is InChI=1S/C18H21N5O4/c1-12-4-5-14-13(10-12)23(18(25)26-14)11-15-20-17(27-21-15)16(24)19-6-9-22-7-2-3-8-22/h4-5,10H,2-3,6-9,11H2,1H3,(H,19,24). The van der Waals surface area contributed by atoms with Gasteiger partial charge in [0.05, 0.1) is 12.1 Å². The van der Waals surface area contributed by atoms with Crippen molar-refractivity contribution in [2.24, 2.45) is 0 Å². The molecule has 0 saturated carbocycles. The van der Waals surface area contributed by atoms with Crippen LogP contribution >= 0.6 is 0 Å². The van der Waals surface area contributed by atoms with Gasteiger partial charge in [-0.15, -0.1) is 0 Å². The highest BCUT2D eigenvalue weighted by atomic mass is 16.5. The second-order valence-electron chi connectivity index (χ2n) is 6.75. The first-order valence-electron chi connectivity index (χ1n) is 9.03. The summed E-state index contributed by atoms with van der Waals surface area (Å²) in [4.78, 5) is 30.6. The summed E-state index contributed by atoms with van der Waals surface area (Å²) in [6.07, 6.45) is 2.42. The number of carbonyl (C=O) groups is 1. The van der Waals surface area contributed by atoms with Gasteiger partial charge in [-0.05, 0) is 50.6 Å². The molecule has 0 aliphatic carbocycles. The number of likely N-dealkylation sites (tertiary alicyclic amines) is 1. The van der Waals surface area contributed by atoms with Crippen LogP contribution < -0.4 is 11.1 Å². The van der Waals surface area contributed by atoms with Crippen LogP contribution in [0.1, 0.15) is 34.9 Å². The molecule has 0 spiro atoms. The van der Waals surface area contributed by atoms with Crippen molar-refractivity contribution in [1.82, 2.24) is 24.9 Å². The van der Waals surface area contributed by atoms with Crippen LogP contribution in [0.5, 0.6) is 0 Å². The molecule has 3 aromatic rings. The minimum Gasteiger partial charge on any atom is -0.408 e. The predicted molar refractivity (Wildman–Crippen MR) is 96.6 cm³/mol. The normalized spacial score (nSPS) is 14.9. The summed E-state index contributed by atoms with van der Waals surface area (Å²) in [7, 11) is 0. The number of rotatable bonds is 6. The first-order valence-corrected chi connectivity index (χ1v) is 9.03. The Balaban J connectivity index is 1.42. The zero-order valence-corrected chi connectivity index (χ0v) is 15.1. The number of hydrogen-bond acceptors (Lipinski definition) is 7. The highest BCUT2D eigenvalue weighted by molar-refractivity contribution is 5.89. The number of aromatic nitrogens is 3. The third kappa shape index (κ3) is 3.77. The molecule has 1 saturated heterocycles. The number of benzene rings is 1. The molecule has 0 bridgehead atoms. The van der Waals surface area contributed by atoms with Crippen molar-refractivity contribution in [3.05, 3.63) is 46.0 Å². The molecule has 2 aromatic heterocycles. The Morgan fingerprint density at radius 1 is 1.30 bits per heavy atom. The molecule has 1 aliphatic rings. The average molecular weight is 371 g/mol. The van der Waals surface area contributed by atoms with Crippen molar-refractivity contribution >= 4 is 17.0 Å². The van der Waals surface area contributed by atoms with Gasteiger partial charge < -0.3 is 19.2 Å². The molecule has 1 fully saturated rings. The minimum absolute atomic E-state index is 0.0693. The first kappa shape index (κ1) is 17.5. The maximum atomic E-state index is 12.1. The summed E-state index contributed by atoms with van der Waals surface area (Å²) in [6, 6.07) is 5.47. The fourth-order valence-electron chi connectivity index (χ4n) is 3.28. The Kier molecular flexibility index (Phi) is 4.76. The molecular weight excluding hydrogens is 350 g/mol. The number of carbonyl (C=O) groups excluding carboxylic acids is 1. The molecule has 4 rings (SSSR count). The van der Waals surface area contributed by atoms with Crippen molar-refractivity contribution in [2.45, 2.75) is 26.3 Å². The molecule has 142 valence electrons. The lowest BCUT2D eigenvalue weighted by molar-refractivity contribution is 0.0906. The summed E-state index contributed by atoms with van der Waals surface area (Å²) < 4.78 is 11.7.